The Morgan fingerprint density at radius 2 is 1.80 bits per heavy atom. The molecule has 0 radical (unpaired) electrons. The van der Waals surface area contributed by atoms with E-state index in [1.54, 1.807) is 16.4 Å². The zero-order valence-corrected chi connectivity index (χ0v) is 17.2. The number of nitriles is 1. The second-order valence-electron chi connectivity index (χ2n) is 6.52. The van der Waals surface area contributed by atoms with E-state index in [9.17, 15) is 10.1 Å². The van der Waals surface area contributed by atoms with Gasteiger partial charge >= 0.3 is 0 Å². The van der Waals surface area contributed by atoms with E-state index in [-0.39, 0.29) is 11.3 Å². The lowest BCUT2D eigenvalue weighted by Gasteiger charge is -2.07. The number of anilines is 1. The molecule has 2 aromatic carbocycles. The van der Waals surface area contributed by atoms with Crippen LogP contribution in [0.2, 0.25) is 0 Å². The smallest absolute Gasteiger partial charge is 0.283 e. The van der Waals surface area contributed by atoms with Gasteiger partial charge in [0, 0.05) is 18.0 Å². The normalized spacial score (nSPS) is 11.3. The van der Waals surface area contributed by atoms with Crippen LogP contribution in [0.4, 0.5) is 5.69 Å². The number of hydrogen-bond donors (Lipinski definition) is 1. The van der Waals surface area contributed by atoms with Crippen LogP contribution >= 0.6 is 11.3 Å². The fraction of sp³-hybridized carbons (Fsp3) is 0.0909. The highest BCUT2D eigenvalue weighted by Crippen LogP contribution is 2.22. The minimum absolute atomic E-state index is 0.121. The average Bonchev–Trinajstić information content (AvgIpc) is 3.35. The first-order chi connectivity index (χ1) is 14.6. The average molecular weight is 414 g/mol. The summed E-state index contributed by atoms with van der Waals surface area (Å²) in [6.45, 7) is 1.82. The Kier molecular flexibility index (Phi) is 5.28. The number of hydrazone groups is 1. The Morgan fingerprint density at radius 1 is 1.13 bits per heavy atom. The van der Waals surface area contributed by atoms with Gasteiger partial charge in [-0.3, -0.25) is 14.9 Å². The summed E-state index contributed by atoms with van der Waals surface area (Å²) in [5, 5.41) is 16.1. The molecule has 8 heteroatoms. The third-order valence-electron chi connectivity index (χ3n) is 4.72. The standard InChI is InChI=1S/C22H18N6OS/c1-15-20(22(29)28(27(15)2)17-11-7-4-8-12-17)26-25-18(13-23)21-24-19(14-30-21)16-9-5-3-6-10-16/h3-12,14,26H,1-2H3/b25-18+. The first-order valence-corrected chi connectivity index (χ1v) is 10.1. The van der Waals surface area contributed by atoms with E-state index >= 15 is 0 Å². The molecule has 0 spiro atoms. The van der Waals surface area contributed by atoms with Crippen molar-refractivity contribution in [2.75, 3.05) is 5.43 Å². The molecular weight excluding hydrogens is 396 g/mol. The molecule has 148 valence electrons. The number of aromatic nitrogens is 3. The first kappa shape index (κ1) is 19.4. The van der Waals surface area contributed by atoms with Crippen molar-refractivity contribution in [3.8, 4) is 23.0 Å². The predicted octanol–water partition coefficient (Wildman–Crippen LogP) is 3.95. The molecule has 0 amide bonds. The van der Waals surface area contributed by atoms with E-state index in [1.165, 1.54) is 11.3 Å². The quantitative estimate of drug-likeness (QED) is 0.396. The molecule has 0 aliphatic rings. The van der Waals surface area contributed by atoms with Crippen LogP contribution in [0, 0.1) is 18.3 Å². The maximum absolute atomic E-state index is 13.0. The summed E-state index contributed by atoms with van der Waals surface area (Å²) in [4.78, 5) is 17.5. The molecule has 0 saturated heterocycles. The van der Waals surface area contributed by atoms with Gasteiger partial charge in [-0.15, -0.1) is 11.3 Å². The largest absolute Gasteiger partial charge is 0.296 e. The third-order valence-corrected chi connectivity index (χ3v) is 5.56. The zero-order chi connectivity index (χ0) is 21.1. The van der Waals surface area contributed by atoms with Gasteiger partial charge in [0.25, 0.3) is 5.56 Å². The molecular formula is C22H18N6OS. The van der Waals surface area contributed by atoms with Crippen molar-refractivity contribution in [2.45, 2.75) is 6.92 Å². The van der Waals surface area contributed by atoms with Crippen molar-refractivity contribution in [3.63, 3.8) is 0 Å². The predicted molar refractivity (Wildman–Crippen MR) is 119 cm³/mol. The minimum Gasteiger partial charge on any atom is -0.283 e. The van der Waals surface area contributed by atoms with E-state index in [0.717, 1.165) is 16.9 Å². The topological polar surface area (TPSA) is 88.0 Å². The molecule has 4 aromatic rings. The van der Waals surface area contributed by atoms with Gasteiger partial charge in [0.1, 0.15) is 11.8 Å². The molecule has 0 saturated carbocycles. The van der Waals surface area contributed by atoms with E-state index in [2.05, 4.69) is 21.6 Å². The van der Waals surface area contributed by atoms with Crippen LogP contribution in [0.3, 0.4) is 0 Å². The maximum atomic E-state index is 13.0. The Morgan fingerprint density at radius 3 is 2.47 bits per heavy atom. The number of para-hydroxylation sites is 1. The Bertz CT molecular complexity index is 1310. The van der Waals surface area contributed by atoms with Gasteiger partial charge in [-0.05, 0) is 19.1 Å². The molecule has 0 fully saturated rings. The minimum atomic E-state index is -0.244. The van der Waals surface area contributed by atoms with Crippen molar-refractivity contribution >= 4 is 22.7 Å². The molecule has 0 bridgehead atoms. The van der Waals surface area contributed by atoms with Gasteiger partial charge < -0.3 is 0 Å². The number of thiazole rings is 1. The molecule has 0 unspecified atom stereocenters. The molecule has 7 nitrogen and oxygen atoms in total. The van der Waals surface area contributed by atoms with Gasteiger partial charge in [0.05, 0.1) is 17.1 Å². The summed E-state index contributed by atoms with van der Waals surface area (Å²) < 4.78 is 3.30. The van der Waals surface area contributed by atoms with Crippen LogP contribution in [-0.2, 0) is 7.05 Å². The Hall–Kier alpha value is -3.96. The maximum Gasteiger partial charge on any atom is 0.296 e. The third kappa shape index (κ3) is 3.54. The van der Waals surface area contributed by atoms with Gasteiger partial charge in [0.15, 0.2) is 10.7 Å². The molecule has 0 aliphatic carbocycles. The number of rotatable bonds is 5. The second kappa shape index (κ2) is 8.19. The highest BCUT2D eigenvalue weighted by atomic mass is 32.1. The SMILES string of the molecule is Cc1c(N/N=C(\C#N)c2nc(-c3ccccc3)cs2)c(=O)n(-c2ccccc2)n1C. The van der Waals surface area contributed by atoms with Crippen LogP contribution in [0.1, 0.15) is 10.7 Å². The van der Waals surface area contributed by atoms with Gasteiger partial charge in [-0.2, -0.15) is 10.4 Å². The van der Waals surface area contributed by atoms with Crippen LogP contribution in [-0.4, -0.2) is 20.1 Å². The van der Waals surface area contributed by atoms with E-state index in [0.29, 0.717) is 16.4 Å². The van der Waals surface area contributed by atoms with E-state index < -0.39 is 0 Å². The monoisotopic (exact) mass is 414 g/mol. The fourth-order valence-corrected chi connectivity index (χ4v) is 3.82. The van der Waals surface area contributed by atoms with Crippen molar-refractivity contribution in [1.82, 2.24) is 14.3 Å². The summed E-state index contributed by atoms with van der Waals surface area (Å²) in [5.41, 5.74) is 6.18. The molecule has 0 atom stereocenters. The van der Waals surface area contributed by atoms with Gasteiger partial charge in [-0.25, -0.2) is 9.67 Å². The van der Waals surface area contributed by atoms with Crippen molar-refractivity contribution in [2.24, 2.45) is 12.1 Å². The summed E-state index contributed by atoms with van der Waals surface area (Å²) in [6, 6.07) is 21.1. The lowest BCUT2D eigenvalue weighted by molar-refractivity contribution is 0.630. The first-order valence-electron chi connectivity index (χ1n) is 9.19. The molecule has 30 heavy (non-hydrogen) atoms. The van der Waals surface area contributed by atoms with Crippen molar-refractivity contribution in [1.29, 1.82) is 5.26 Å². The van der Waals surface area contributed by atoms with Gasteiger partial charge in [0.2, 0.25) is 0 Å². The Balaban J connectivity index is 1.66. The van der Waals surface area contributed by atoms with Crippen LogP contribution in [0.5, 0.6) is 0 Å². The van der Waals surface area contributed by atoms with Crippen LogP contribution in [0.25, 0.3) is 16.9 Å². The molecule has 2 heterocycles. The van der Waals surface area contributed by atoms with Crippen LogP contribution < -0.4 is 11.0 Å². The molecule has 1 N–H and O–H groups in total. The lowest BCUT2D eigenvalue weighted by atomic mass is 10.2. The van der Waals surface area contributed by atoms with Crippen LogP contribution in [0.15, 0.2) is 75.9 Å². The highest BCUT2D eigenvalue weighted by Gasteiger charge is 2.17. The second-order valence-corrected chi connectivity index (χ2v) is 7.38. The number of nitrogens with one attached hydrogen (secondary N) is 1. The summed E-state index contributed by atoms with van der Waals surface area (Å²) in [5.74, 6) is 0. The molecule has 2 aromatic heterocycles. The summed E-state index contributed by atoms with van der Waals surface area (Å²) in [7, 11) is 1.80. The Labute approximate surface area is 177 Å². The number of hydrogen-bond acceptors (Lipinski definition) is 6. The number of nitrogens with zero attached hydrogens (tertiary/aromatic N) is 5. The van der Waals surface area contributed by atoms with E-state index in [4.69, 9.17) is 0 Å². The summed E-state index contributed by atoms with van der Waals surface area (Å²) in [6.07, 6.45) is 0. The molecule has 0 aliphatic heterocycles. The highest BCUT2D eigenvalue weighted by molar-refractivity contribution is 7.12. The van der Waals surface area contributed by atoms with E-state index in [1.807, 2.05) is 73.0 Å². The van der Waals surface area contributed by atoms with Crippen molar-refractivity contribution in [3.05, 3.63) is 87.1 Å². The summed E-state index contributed by atoms with van der Waals surface area (Å²) >= 11 is 1.33. The zero-order valence-electron chi connectivity index (χ0n) is 16.4. The van der Waals surface area contributed by atoms with Gasteiger partial charge in [-0.1, -0.05) is 48.5 Å². The fourth-order valence-electron chi connectivity index (χ4n) is 3.05. The number of benzene rings is 2. The molecule has 4 rings (SSSR count). The van der Waals surface area contributed by atoms with Crippen molar-refractivity contribution < 1.29 is 0 Å². The lowest BCUT2D eigenvalue weighted by Crippen LogP contribution is -2.20.